The van der Waals surface area contributed by atoms with Gasteiger partial charge in [-0.15, -0.1) is 0 Å². The van der Waals surface area contributed by atoms with Gasteiger partial charge in [-0.1, -0.05) is 0 Å². The molecule has 1 fully saturated rings. The quantitative estimate of drug-likeness (QED) is 0.594. The maximum atomic E-state index is 14.5. The van der Waals surface area contributed by atoms with E-state index in [1.54, 1.807) is 0 Å². The van der Waals surface area contributed by atoms with Gasteiger partial charge in [0.25, 0.3) is 0 Å². The van der Waals surface area contributed by atoms with Crippen LogP contribution in [0.4, 0.5) is 23.2 Å². The summed E-state index contributed by atoms with van der Waals surface area (Å²) in [5, 5.41) is 5.86. The fourth-order valence-electron chi connectivity index (χ4n) is 3.13. The van der Waals surface area contributed by atoms with Crippen molar-refractivity contribution in [3.05, 3.63) is 35.4 Å². The maximum absolute atomic E-state index is 14.5. The first-order valence-electron chi connectivity index (χ1n) is 8.89. The Morgan fingerprint density at radius 2 is 1.97 bits per heavy atom. The van der Waals surface area contributed by atoms with Crippen molar-refractivity contribution in [2.45, 2.75) is 45.3 Å². The summed E-state index contributed by atoms with van der Waals surface area (Å²) in [6.07, 6.45) is -5.22. The minimum Gasteiger partial charge on any atom is -0.432 e. The molecule has 1 aliphatic rings. The number of carbonyl (C=O) groups is 2. The van der Waals surface area contributed by atoms with Crippen LogP contribution in [0.2, 0.25) is 0 Å². The molecule has 1 aromatic carbocycles. The molecular formula is C19H19F4N3O4. The normalized spacial score (nSPS) is 18.4. The number of aryl methyl sites for hydroxylation is 2. The van der Waals surface area contributed by atoms with Crippen molar-refractivity contribution in [3.8, 4) is 11.1 Å². The van der Waals surface area contributed by atoms with Gasteiger partial charge in [0.1, 0.15) is 5.82 Å². The Kier molecular flexibility index (Phi) is 5.35. The second-order valence-electron chi connectivity index (χ2n) is 7.39. The zero-order chi connectivity index (χ0) is 22.4. The second kappa shape index (κ2) is 7.38. The highest BCUT2D eigenvalue weighted by Crippen LogP contribution is 2.38. The van der Waals surface area contributed by atoms with E-state index in [1.807, 2.05) is 0 Å². The van der Waals surface area contributed by atoms with Gasteiger partial charge in [-0.3, -0.25) is 9.48 Å². The smallest absolute Gasteiger partial charge is 0.432 e. The van der Waals surface area contributed by atoms with Crippen LogP contribution in [-0.2, 0) is 32.3 Å². The zero-order valence-corrected chi connectivity index (χ0v) is 16.6. The first kappa shape index (κ1) is 21.8. The molecule has 2 aromatic rings. The Balaban J connectivity index is 1.88. The van der Waals surface area contributed by atoms with Gasteiger partial charge >= 0.3 is 12.1 Å². The van der Waals surface area contributed by atoms with Crippen LogP contribution in [0.5, 0.6) is 0 Å². The maximum Gasteiger partial charge on any atom is 0.435 e. The molecule has 1 N–H and O–H groups in total. The summed E-state index contributed by atoms with van der Waals surface area (Å²) in [4.78, 5) is 24.1. The summed E-state index contributed by atoms with van der Waals surface area (Å²) in [5.74, 6) is -3.39. The minimum atomic E-state index is -4.79. The fourth-order valence-corrected chi connectivity index (χ4v) is 3.13. The third-order valence-electron chi connectivity index (χ3n) is 4.38. The summed E-state index contributed by atoms with van der Waals surface area (Å²) >= 11 is 0. The van der Waals surface area contributed by atoms with Crippen LogP contribution in [0.25, 0.3) is 11.1 Å². The molecule has 1 amide bonds. The van der Waals surface area contributed by atoms with Crippen LogP contribution >= 0.6 is 0 Å². The van der Waals surface area contributed by atoms with E-state index in [0.717, 1.165) is 23.0 Å². The second-order valence-corrected chi connectivity index (χ2v) is 7.39. The topological polar surface area (TPSA) is 82.5 Å². The van der Waals surface area contributed by atoms with E-state index in [2.05, 4.69) is 10.4 Å². The van der Waals surface area contributed by atoms with E-state index in [-0.39, 0.29) is 23.2 Å². The third kappa shape index (κ3) is 4.45. The number of hydrogen-bond acceptors (Lipinski definition) is 5. The number of benzene rings is 1. The van der Waals surface area contributed by atoms with Gasteiger partial charge in [0.15, 0.2) is 11.8 Å². The van der Waals surface area contributed by atoms with Crippen LogP contribution in [0, 0.1) is 12.7 Å². The molecule has 162 valence electrons. The van der Waals surface area contributed by atoms with E-state index in [0.29, 0.717) is 0 Å². The van der Waals surface area contributed by atoms with Crippen molar-refractivity contribution in [1.82, 2.24) is 9.78 Å². The van der Waals surface area contributed by atoms with E-state index in [1.165, 1.54) is 27.8 Å². The molecule has 2 heterocycles. The number of hydrogen-bond donors (Lipinski definition) is 1. The van der Waals surface area contributed by atoms with Crippen molar-refractivity contribution in [3.63, 3.8) is 0 Å². The van der Waals surface area contributed by atoms with Crippen LogP contribution in [0.15, 0.2) is 18.3 Å². The van der Waals surface area contributed by atoms with Gasteiger partial charge in [0.2, 0.25) is 11.7 Å². The van der Waals surface area contributed by atoms with Crippen molar-refractivity contribution in [2.24, 2.45) is 7.05 Å². The highest BCUT2D eigenvalue weighted by molar-refractivity contribution is 5.95. The molecule has 1 saturated heterocycles. The number of amides is 1. The lowest BCUT2D eigenvalue weighted by Gasteiger charge is -2.15. The first-order chi connectivity index (χ1) is 13.8. The SMILES string of the molecule is Cc1cc(F)c(-c2cn(C)nc2C(F)(F)F)cc1NC(=O)C[C@@H]1OC(C)(C)OC1=O. The Bertz CT molecular complexity index is 1010. The number of halogens is 4. The molecule has 0 unspecified atom stereocenters. The molecule has 1 atom stereocenters. The predicted octanol–water partition coefficient (Wildman–Crippen LogP) is 3.56. The number of anilines is 1. The average molecular weight is 429 g/mol. The van der Waals surface area contributed by atoms with E-state index in [9.17, 15) is 27.2 Å². The molecule has 0 saturated carbocycles. The van der Waals surface area contributed by atoms with Gasteiger partial charge in [0.05, 0.1) is 6.42 Å². The lowest BCUT2D eigenvalue weighted by molar-refractivity contribution is -0.160. The molecule has 1 aliphatic heterocycles. The molecule has 1 aromatic heterocycles. The lowest BCUT2D eigenvalue weighted by atomic mass is 10.0. The number of aromatic nitrogens is 2. The van der Waals surface area contributed by atoms with Gasteiger partial charge in [-0.2, -0.15) is 18.3 Å². The number of cyclic esters (lactones) is 1. The highest BCUT2D eigenvalue weighted by atomic mass is 19.4. The van der Waals surface area contributed by atoms with Gasteiger partial charge in [-0.05, 0) is 24.6 Å². The first-order valence-corrected chi connectivity index (χ1v) is 8.89. The monoisotopic (exact) mass is 429 g/mol. The Labute approximate surface area is 169 Å². The number of rotatable bonds is 4. The number of esters is 1. The molecule has 30 heavy (non-hydrogen) atoms. The summed E-state index contributed by atoms with van der Waals surface area (Å²) in [5.41, 5.74) is -1.68. The van der Waals surface area contributed by atoms with E-state index in [4.69, 9.17) is 9.47 Å². The summed E-state index contributed by atoms with van der Waals surface area (Å²) in [7, 11) is 1.29. The highest BCUT2D eigenvalue weighted by Gasteiger charge is 2.42. The zero-order valence-electron chi connectivity index (χ0n) is 16.6. The van der Waals surface area contributed by atoms with Crippen molar-refractivity contribution >= 4 is 17.6 Å². The lowest BCUT2D eigenvalue weighted by Crippen LogP contribution is -2.26. The van der Waals surface area contributed by atoms with Crippen LogP contribution in [0.3, 0.4) is 0 Å². The van der Waals surface area contributed by atoms with Gasteiger partial charge in [-0.25, -0.2) is 9.18 Å². The summed E-state index contributed by atoms with van der Waals surface area (Å²) in [6, 6.07) is 2.12. The molecule has 3 rings (SSSR count). The van der Waals surface area contributed by atoms with Crippen molar-refractivity contribution in [2.75, 3.05) is 5.32 Å². The number of nitrogens with one attached hydrogen (secondary N) is 1. The summed E-state index contributed by atoms with van der Waals surface area (Å²) < 4.78 is 65.5. The van der Waals surface area contributed by atoms with Crippen LogP contribution < -0.4 is 5.32 Å². The number of nitrogens with zero attached hydrogens (tertiary/aromatic N) is 2. The third-order valence-corrected chi connectivity index (χ3v) is 4.38. The molecule has 7 nitrogen and oxygen atoms in total. The van der Waals surface area contributed by atoms with Crippen LogP contribution in [0.1, 0.15) is 31.5 Å². The fraction of sp³-hybridized carbons (Fsp3) is 0.421. The molecule has 11 heteroatoms. The van der Waals surface area contributed by atoms with Crippen LogP contribution in [-0.4, -0.2) is 33.5 Å². The number of ether oxygens (including phenoxy) is 2. The van der Waals surface area contributed by atoms with Gasteiger partial charge < -0.3 is 14.8 Å². The van der Waals surface area contributed by atoms with Crippen molar-refractivity contribution < 1.29 is 36.6 Å². The number of carbonyl (C=O) groups excluding carboxylic acids is 2. The number of alkyl halides is 3. The van der Waals surface area contributed by atoms with Crippen molar-refractivity contribution in [1.29, 1.82) is 0 Å². The minimum absolute atomic E-state index is 0.0963. The van der Waals surface area contributed by atoms with Gasteiger partial charge in [0, 0.05) is 43.9 Å². The van der Waals surface area contributed by atoms with E-state index >= 15 is 0 Å². The predicted molar refractivity (Wildman–Crippen MR) is 96.6 cm³/mol. The molecular weight excluding hydrogens is 410 g/mol. The molecule has 0 spiro atoms. The average Bonchev–Trinajstić information content (AvgIpc) is 3.09. The molecule has 0 radical (unpaired) electrons. The Morgan fingerprint density at radius 3 is 2.53 bits per heavy atom. The Hall–Kier alpha value is -2.95. The largest absolute Gasteiger partial charge is 0.435 e. The van der Waals surface area contributed by atoms with E-state index < -0.39 is 47.0 Å². The summed E-state index contributed by atoms with van der Waals surface area (Å²) in [6.45, 7) is 4.52. The molecule has 0 aliphatic carbocycles. The standard InChI is InChI=1S/C19H19F4N3O4/c1-9-5-12(20)10(11-8-26(4)25-16(11)19(21,22)23)6-13(9)24-15(27)7-14-17(28)30-18(2,3)29-14/h5-6,8,14H,7H2,1-4H3,(H,24,27)/t14-/m0/s1. The molecule has 0 bridgehead atoms. The Morgan fingerprint density at radius 1 is 1.30 bits per heavy atom.